The fourth-order valence-corrected chi connectivity index (χ4v) is 2.11. The summed E-state index contributed by atoms with van der Waals surface area (Å²) in [6.07, 6.45) is 0.813. The van der Waals surface area contributed by atoms with Crippen LogP contribution < -0.4 is 10.5 Å². The lowest BCUT2D eigenvalue weighted by Gasteiger charge is -2.03. The summed E-state index contributed by atoms with van der Waals surface area (Å²) in [6.45, 7) is 0.613. The Kier molecular flexibility index (Phi) is 3.89. The molecule has 5 heteroatoms. The SMILES string of the molecule is COc1ccc(-c2cc(CCN)n(C)n2)cc1Cl. The van der Waals surface area contributed by atoms with Gasteiger partial charge in [0.2, 0.25) is 0 Å². The average molecular weight is 266 g/mol. The molecule has 0 bridgehead atoms. The van der Waals surface area contributed by atoms with Crippen molar-refractivity contribution in [1.29, 1.82) is 0 Å². The topological polar surface area (TPSA) is 53.1 Å². The van der Waals surface area contributed by atoms with Crippen LogP contribution >= 0.6 is 11.6 Å². The zero-order chi connectivity index (χ0) is 13.1. The molecule has 2 aromatic rings. The van der Waals surface area contributed by atoms with Gasteiger partial charge in [0.15, 0.2) is 0 Å². The van der Waals surface area contributed by atoms with Gasteiger partial charge in [-0.1, -0.05) is 11.6 Å². The molecule has 0 saturated carbocycles. The van der Waals surface area contributed by atoms with Crippen molar-refractivity contribution in [3.63, 3.8) is 0 Å². The normalized spacial score (nSPS) is 10.7. The van der Waals surface area contributed by atoms with E-state index in [0.717, 1.165) is 23.4 Å². The summed E-state index contributed by atoms with van der Waals surface area (Å²) in [5.74, 6) is 0.665. The number of benzene rings is 1. The van der Waals surface area contributed by atoms with Crippen LogP contribution in [-0.4, -0.2) is 23.4 Å². The first-order chi connectivity index (χ1) is 8.65. The summed E-state index contributed by atoms with van der Waals surface area (Å²) >= 11 is 6.11. The van der Waals surface area contributed by atoms with Crippen LogP contribution in [0.4, 0.5) is 0 Å². The average Bonchev–Trinajstić information content (AvgIpc) is 2.71. The fourth-order valence-electron chi connectivity index (χ4n) is 1.85. The molecule has 0 aliphatic heterocycles. The summed E-state index contributed by atoms with van der Waals surface area (Å²) in [5, 5.41) is 5.04. The van der Waals surface area contributed by atoms with Gasteiger partial charge in [-0.25, -0.2) is 0 Å². The van der Waals surface area contributed by atoms with Crippen molar-refractivity contribution in [2.45, 2.75) is 6.42 Å². The number of halogens is 1. The van der Waals surface area contributed by atoms with Crippen molar-refractivity contribution in [2.24, 2.45) is 12.8 Å². The molecule has 96 valence electrons. The van der Waals surface area contributed by atoms with Gasteiger partial charge >= 0.3 is 0 Å². The van der Waals surface area contributed by atoms with Gasteiger partial charge in [0, 0.05) is 24.7 Å². The van der Waals surface area contributed by atoms with Gasteiger partial charge in [0.25, 0.3) is 0 Å². The zero-order valence-corrected chi connectivity index (χ0v) is 11.2. The Balaban J connectivity index is 2.36. The van der Waals surface area contributed by atoms with Gasteiger partial charge in [-0.05, 0) is 30.8 Å². The third-order valence-corrected chi connectivity index (χ3v) is 3.12. The van der Waals surface area contributed by atoms with E-state index >= 15 is 0 Å². The predicted octanol–water partition coefficient (Wildman–Crippen LogP) is 2.25. The van der Waals surface area contributed by atoms with Crippen LogP contribution in [0.5, 0.6) is 5.75 Å². The van der Waals surface area contributed by atoms with Crippen molar-refractivity contribution < 1.29 is 4.74 Å². The highest BCUT2D eigenvalue weighted by atomic mass is 35.5. The zero-order valence-electron chi connectivity index (χ0n) is 10.5. The van der Waals surface area contributed by atoms with Gasteiger partial charge in [-0.3, -0.25) is 4.68 Å². The molecule has 0 aliphatic rings. The first kappa shape index (κ1) is 12.9. The number of nitrogens with two attached hydrogens (primary N) is 1. The number of aromatic nitrogens is 2. The molecule has 1 heterocycles. The van der Waals surface area contributed by atoms with Gasteiger partial charge in [-0.15, -0.1) is 0 Å². The molecule has 18 heavy (non-hydrogen) atoms. The van der Waals surface area contributed by atoms with E-state index in [0.29, 0.717) is 17.3 Å². The number of hydrogen-bond donors (Lipinski definition) is 1. The van der Waals surface area contributed by atoms with E-state index in [-0.39, 0.29) is 0 Å². The summed E-state index contributed by atoms with van der Waals surface area (Å²) in [4.78, 5) is 0. The summed E-state index contributed by atoms with van der Waals surface area (Å²) < 4.78 is 6.98. The number of ether oxygens (including phenoxy) is 1. The second-order valence-corrected chi connectivity index (χ2v) is 4.44. The van der Waals surface area contributed by atoms with E-state index in [1.807, 2.05) is 36.0 Å². The Hall–Kier alpha value is -1.52. The van der Waals surface area contributed by atoms with Crippen LogP contribution in [0.15, 0.2) is 24.3 Å². The predicted molar refractivity (Wildman–Crippen MR) is 73.0 cm³/mol. The number of methoxy groups -OCH3 is 1. The third-order valence-electron chi connectivity index (χ3n) is 2.82. The molecule has 2 N–H and O–H groups in total. The van der Waals surface area contributed by atoms with E-state index in [9.17, 15) is 0 Å². The van der Waals surface area contributed by atoms with E-state index in [1.165, 1.54) is 0 Å². The largest absolute Gasteiger partial charge is 0.495 e. The molecule has 1 aromatic heterocycles. The second-order valence-electron chi connectivity index (χ2n) is 4.03. The van der Waals surface area contributed by atoms with Gasteiger partial charge in [0.05, 0.1) is 17.8 Å². The lowest BCUT2D eigenvalue weighted by atomic mass is 10.1. The van der Waals surface area contributed by atoms with Gasteiger partial charge < -0.3 is 10.5 Å². The third kappa shape index (κ3) is 2.49. The molecule has 0 saturated heterocycles. The molecule has 0 unspecified atom stereocenters. The van der Waals surface area contributed by atoms with E-state index in [2.05, 4.69) is 5.10 Å². The smallest absolute Gasteiger partial charge is 0.137 e. The Bertz CT molecular complexity index is 551. The fraction of sp³-hybridized carbons (Fsp3) is 0.308. The molecular weight excluding hydrogens is 250 g/mol. The highest BCUT2D eigenvalue weighted by molar-refractivity contribution is 6.32. The van der Waals surface area contributed by atoms with Crippen LogP contribution in [0.1, 0.15) is 5.69 Å². The van der Waals surface area contributed by atoms with E-state index in [4.69, 9.17) is 22.1 Å². The minimum Gasteiger partial charge on any atom is -0.495 e. The standard InChI is InChI=1S/C13H16ClN3O/c1-17-10(5-6-15)8-12(16-17)9-3-4-13(18-2)11(14)7-9/h3-4,7-8H,5-6,15H2,1-2H3. The maximum Gasteiger partial charge on any atom is 0.137 e. The van der Waals surface area contributed by atoms with Crippen LogP contribution in [0.2, 0.25) is 5.02 Å². The minimum absolute atomic E-state index is 0.584. The molecule has 0 radical (unpaired) electrons. The first-order valence-corrected chi connectivity index (χ1v) is 6.10. The summed E-state index contributed by atoms with van der Waals surface area (Å²) in [7, 11) is 3.51. The van der Waals surface area contributed by atoms with Crippen molar-refractivity contribution in [1.82, 2.24) is 9.78 Å². The van der Waals surface area contributed by atoms with Crippen LogP contribution in [0, 0.1) is 0 Å². The number of aryl methyl sites for hydroxylation is 1. The van der Waals surface area contributed by atoms with Crippen molar-refractivity contribution >= 4 is 11.6 Å². The number of rotatable bonds is 4. The Morgan fingerprint density at radius 3 is 2.78 bits per heavy atom. The Morgan fingerprint density at radius 1 is 1.39 bits per heavy atom. The highest BCUT2D eigenvalue weighted by Gasteiger charge is 2.09. The number of hydrogen-bond acceptors (Lipinski definition) is 3. The molecule has 0 spiro atoms. The second kappa shape index (κ2) is 5.42. The van der Waals surface area contributed by atoms with Crippen LogP contribution in [-0.2, 0) is 13.5 Å². The molecule has 0 amide bonds. The Morgan fingerprint density at radius 2 is 2.17 bits per heavy atom. The molecule has 0 fully saturated rings. The number of nitrogens with zero attached hydrogens (tertiary/aromatic N) is 2. The molecule has 1 aromatic carbocycles. The Labute approximate surface area is 111 Å². The maximum absolute atomic E-state index is 6.11. The minimum atomic E-state index is 0.584. The van der Waals surface area contributed by atoms with Crippen molar-refractivity contribution in [3.05, 3.63) is 35.0 Å². The van der Waals surface area contributed by atoms with Crippen molar-refractivity contribution in [3.8, 4) is 17.0 Å². The molecule has 0 atom stereocenters. The quantitative estimate of drug-likeness (QED) is 0.923. The molecule has 4 nitrogen and oxygen atoms in total. The van der Waals surface area contributed by atoms with Gasteiger partial charge in [0.1, 0.15) is 5.75 Å². The maximum atomic E-state index is 6.11. The lowest BCUT2D eigenvalue weighted by molar-refractivity contribution is 0.415. The lowest BCUT2D eigenvalue weighted by Crippen LogP contribution is -2.06. The molecular formula is C13H16ClN3O. The summed E-state index contributed by atoms with van der Waals surface area (Å²) in [5.41, 5.74) is 8.54. The first-order valence-electron chi connectivity index (χ1n) is 5.72. The van der Waals surface area contributed by atoms with Crippen LogP contribution in [0.3, 0.4) is 0 Å². The van der Waals surface area contributed by atoms with Crippen LogP contribution in [0.25, 0.3) is 11.3 Å². The summed E-state index contributed by atoms with van der Waals surface area (Å²) in [6, 6.07) is 7.67. The van der Waals surface area contributed by atoms with E-state index in [1.54, 1.807) is 7.11 Å². The monoisotopic (exact) mass is 265 g/mol. The molecule has 2 rings (SSSR count). The highest BCUT2D eigenvalue weighted by Crippen LogP contribution is 2.29. The van der Waals surface area contributed by atoms with Gasteiger partial charge in [-0.2, -0.15) is 5.10 Å². The van der Waals surface area contributed by atoms with E-state index < -0.39 is 0 Å². The molecule has 0 aliphatic carbocycles. The van der Waals surface area contributed by atoms with Crippen molar-refractivity contribution in [2.75, 3.05) is 13.7 Å².